The molecule has 2 rings (SSSR count). The lowest BCUT2D eigenvalue weighted by Crippen LogP contribution is -2.18. The van der Waals surface area contributed by atoms with Crippen LogP contribution in [0.5, 0.6) is 0 Å². The van der Waals surface area contributed by atoms with E-state index in [-0.39, 0.29) is 5.82 Å². The molecule has 0 radical (unpaired) electrons. The molecule has 0 aliphatic rings. The molecule has 1 aromatic heterocycles. The van der Waals surface area contributed by atoms with Crippen LogP contribution >= 0.6 is 0 Å². The average molecular weight is 241 g/mol. The predicted octanol–water partition coefficient (Wildman–Crippen LogP) is 3.25. The van der Waals surface area contributed by atoms with Crippen LogP contribution in [0.15, 0.2) is 42.6 Å². The summed E-state index contributed by atoms with van der Waals surface area (Å²) in [5.74, 6) is -0.313. The number of benzene rings is 1. The Labute approximate surface area is 105 Å². The van der Waals surface area contributed by atoms with E-state index < -0.39 is 0 Å². The highest BCUT2D eigenvalue weighted by molar-refractivity contribution is 5.67. The van der Waals surface area contributed by atoms with E-state index >= 15 is 0 Å². The van der Waals surface area contributed by atoms with Crippen molar-refractivity contribution in [1.82, 2.24) is 4.98 Å². The van der Waals surface area contributed by atoms with Gasteiger partial charge in [0.15, 0.2) is 5.69 Å². The molecule has 0 aliphatic carbocycles. The lowest BCUT2D eigenvalue weighted by Gasteiger charge is -2.24. The van der Waals surface area contributed by atoms with Gasteiger partial charge in [0.2, 0.25) is 0 Å². The van der Waals surface area contributed by atoms with Crippen molar-refractivity contribution in [3.8, 4) is 6.07 Å². The van der Waals surface area contributed by atoms with Crippen molar-refractivity contribution >= 4 is 11.4 Å². The fourth-order valence-electron chi connectivity index (χ4n) is 1.84. The standard InChI is InChI=1S/C14H12FN3/c1-2-18(13-7-4-3-6-11(13)15)14-8-5-9-17-12(14)10-16/h3-9H,2H2,1H3. The molecule has 90 valence electrons. The SMILES string of the molecule is CCN(c1ccccc1F)c1cccnc1C#N. The zero-order valence-corrected chi connectivity index (χ0v) is 9.97. The van der Waals surface area contributed by atoms with Crippen molar-refractivity contribution in [1.29, 1.82) is 5.26 Å². The Balaban J connectivity index is 2.53. The molecule has 0 unspecified atom stereocenters. The van der Waals surface area contributed by atoms with E-state index in [1.165, 1.54) is 6.07 Å². The number of para-hydroxylation sites is 1. The fourth-order valence-corrected chi connectivity index (χ4v) is 1.84. The number of aromatic nitrogens is 1. The van der Waals surface area contributed by atoms with Crippen molar-refractivity contribution < 1.29 is 4.39 Å². The summed E-state index contributed by atoms with van der Waals surface area (Å²) in [6.07, 6.45) is 1.55. The predicted molar refractivity (Wildman–Crippen MR) is 68.0 cm³/mol. The van der Waals surface area contributed by atoms with Crippen molar-refractivity contribution in [2.24, 2.45) is 0 Å². The number of nitrogens with zero attached hydrogens (tertiary/aromatic N) is 3. The van der Waals surface area contributed by atoms with E-state index in [1.54, 1.807) is 41.4 Å². The fraction of sp³-hybridized carbons (Fsp3) is 0.143. The first-order valence-electron chi connectivity index (χ1n) is 5.65. The Bertz CT molecular complexity index is 590. The first kappa shape index (κ1) is 12.1. The van der Waals surface area contributed by atoms with Gasteiger partial charge in [-0.25, -0.2) is 9.37 Å². The van der Waals surface area contributed by atoms with Crippen molar-refractivity contribution in [2.75, 3.05) is 11.4 Å². The summed E-state index contributed by atoms with van der Waals surface area (Å²) < 4.78 is 13.8. The largest absolute Gasteiger partial charge is 0.337 e. The minimum absolute atomic E-state index is 0.294. The van der Waals surface area contributed by atoms with Crippen LogP contribution in [0, 0.1) is 17.1 Å². The molecule has 0 N–H and O–H groups in total. The number of anilines is 2. The summed E-state index contributed by atoms with van der Waals surface area (Å²) >= 11 is 0. The van der Waals surface area contributed by atoms with Crippen molar-refractivity contribution in [3.05, 3.63) is 54.1 Å². The van der Waals surface area contributed by atoms with Crippen LogP contribution in [0.3, 0.4) is 0 Å². The molecule has 4 heteroatoms. The van der Waals surface area contributed by atoms with Gasteiger partial charge in [0, 0.05) is 12.7 Å². The van der Waals surface area contributed by atoms with Crippen LogP contribution < -0.4 is 4.90 Å². The molecule has 18 heavy (non-hydrogen) atoms. The summed E-state index contributed by atoms with van der Waals surface area (Å²) in [6, 6.07) is 12.0. The third kappa shape index (κ3) is 2.16. The molecule has 0 spiro atoms. The number of rotatable bonds is 3. The van der Waals surface area contributed by atoms with Crippen LogP contribution in [0.25, 0.3) is 0 Å². The number of hydrogen-bond donors (Lipinski definition) is 0. The summed E-state index contributed by atoms with van der Waals surface area (Å²) in [7, 11) is 0. The van der Waals surface area contributed by atoms with Gasteiger partial charge in [0.05, 0.1) is 11.4 Å². The van der Waals surface area contributed by atoms with E-state index in [0.29, 0.717) is 23.6 Å². The van der Waals surface area contributed by atoms with Gasteiger partial charge in [-0.3, -0.25) is 0 Å². The molecule has 0 bridgehead atoms. The van der Waals surface area contributed by atoms with E-state index in [9.17, 15) is 4.39 Å². The van der Waals surface area contributed by atoms with E-state index in [1.807, 2.05) is 13.0 Å². The van der Waals surface area contributed by atoms with Gasteiger partial charge in [0.25, 0.3) is 0 Å². The summed E-state index contributed by atoms with van der Waals surface area (Å²) in [5.41, 5.74) is 1.36. The average Bonchev–Trinajstić information content (AvgIpc) is 2.42. The first-order valence-corrected chi connectivity index (χ1v) is 5.65. The summed E-state index contributed by atoms with van der Waals surface area (Å²) in [5, 5.41) is 9.05. The number of pyridine rings is 1. The zero-order chi connectivity index (χ0) is 13.0. The lowest BCUT2D eigenvalue weighted by atomic mass is 10.2. The molecule has 3 nitrogen and oxygen atoms in total. The molecule has 1 heterocycles. The molecule has 1 aromatic carbocycles. The molecular formula is C14H12FN3. The number of halogens is 1. The second-order valence-electron chi connectivity index (χ2n) is 3.68. The van der Waals surface area contributed by atoms with Crippen LogP contribution in [0.4, 0.5) is 15.8 Å². The minimum atomic E-state index is -0.313. The zero-order valence-electron chi connectivity index (χ0n) is 9.97. The van der Waals surface area contributed by atoms with Crippen molar-refractivity contribution in [3.63, 3.8) is 0 Å². The maximum Gasteiger partial charge on any atom is 0.164 e. The second-order valence-corrected chi connectivity index (χ2v) is 3.68. The topological polar surface area (TPSA) is 39.9 Å². The molecular weight excluding hydrogens is 229 g/mol. The Kier molecular flexibility index (Phi) is 3.54. The highest BCUT2D eigenvalue weighted by atomic mass is 19.1. The monoisotopic (exact) mass is 241 g/mol. The van der Waals surface area contributed by atoms with Gasteiger partial charge in [-0.15, -0.1) is 0 Å². The normalized spacial score (nSPS) is 9.83. The van der Waals surface area contributed by atoms with Gasteiger partial charge in [-0.1, -0.05) is 12.1 Å². The number of nitriles is 1. The van der Waals surface area contributed by atoms with E-state index in [2.05, 4.69) is 4.98 Å². The molecule has 0 saturated carbocycles. The molecule has 0 amide bonds. The van der Waals surface area contributed by atoms with Crippen LogP contribution in [-0.4, -0.2) is 11.5 Å². The Hall–Kier alpha value is -2.41. The quantitative estimate of drug-likeness (QED) is 0.828. The highest BCUT2D eigenvalue weighted by Gasteiger charge is 2.15. The Morgan fingerprint density at radius 2 is 1.94 bits per heavy atom. The van der Waals surface area contributed by atoms with Crippen LogP contribution in [-0.2, 0) is 0 Å². The highest BCUT2D eigenvalue weighted by Crippen LogP contribution is 2.28. The maximum absolute atomic E-state index is 13.8. The molecule has 0 atom stereocenters. The second kappa shape index (κ2) is 5.28. The third-order valence-electron chi connectivity index (χ3n) is 2.64. The summed E-state index contributed by atoms with van der Waals surface area (Å²) in [4.78, 5) is 5.73. The van der Waals surface area contributed by atoms with Gasteiger partial charge >= 0.3 is 0 Å². The number of hydrogen-bond acceptors (Lipinski definition) is 3. The third-order valence-corrected chi connectivity index (χ3v) is 2.64. The smallest absolute Gasteiger partial charge is 0.164 e. The van der Waals surface area contributed by atoms with Gasteiger partial charge in [0.1, 0.15) is 11.9 Å². The van der Waals surface area contributed by atoms with Gasteiger partial charge < -0.3 is 4.90 Å². The maximum atomic E-state index is 13.8. The Morgan fingerprint density at radius 1 is 1.22 bits per heavy atom. The van der Waals surface area contributed by atoms with Crippen LogP contribution in [0.1, 0.15) is 12.6 Å². The summed E-state index contributed by atoms with van der Waals surface area (Å²) in [6.45, 7) is 2.46. The molecule has 2 aromatic rings. The van der Waals surface area contributed by atoms with Crippen LogP contribution in [0.2, 0.25) is 0 Å². The molecule has 0 aliphatic heterocycles. The van der Waals surface area contributed by atoms with E-state index in [0.717, 1.165) is 0 Å². The van der Waals surface area contributed by atoms with E-state index in [4.69, 9.17) is 5.26 Å². The van der Waals surface area contributed by atoms with Gasteiger partial charge in [-0.05, 0) is 31.2 Å². The van der Waals surface area contributed by atoms with Gasteiger partial charge in [-0.2, -0.15) is 5.26 Å². The van der Waals surface area contributed by atoms with Crippen molar-refractivity contribution in [2.45, 2.75) is 6.92 Å². The molecule has 0 saturated heterocycles. The minimum Gasteiger partial charge on any atom is -0.337 e. The molecule has 0 fully saturated rings. The first-order chi connectivity index (χ1) is 8.77. The lowest BCUT2D eigenvalue weighted by molar-refractivity contribution is 0.625. The Morgan fingerprint density at radius 3 is 2.61 bits per heavy atom.